The highest BCUT2D eigenvalue weighted by atomic mass is 35.5. The number of rotatable bonds is 4. The zero-order valence-electron chi connectivity index (χ0n) is 10.5. The summed E-state index contributed by atoms with van der Waals surface area (Å²) in [4.78, 5) is 11.3. The fourth-order valence-electron chi connectivity index (χ4n) is 1.63. The molecule has 3 N–H and O–H groups in total. The van der Waals surface area contributed by atoms with E-state index in [2.05, 4.69) is 15.4 Å². The normalized spacial score (nSPS) is 10.7. The van der Waals surface area contributed by atoms with Crippen LogP contribution >= 0.6 is 11.6 Å². The van der Waals surface area contributed by atoms with Gasteiger partial charge in [0.05, 0.1) is 6.10 Å². The lowest BCUT2D eigenvalue weighted by molar-refractivity contribution is 0.0996. The Bertz CT molecular complexity index is 610. The first kappa shape index (κ1) is 13.4. The minimum Gasteiger partial charge on any atom is -0.490 e. The predicted molar refractivity (Wildman–Crippen MR) is 71.1 cm³/mol. The molecule has 1 aromatic heterocycles. The summed E-state index contributed by atoms with van der Waals surface area (Å²) in [5.74, 6) is -0.102. The maximum absolute atomic E-state index is 11.3. The molecule has 0 aliphatic heterocycles. The summed E-state index contributed by atoms with van der Waals surface area (Å²) in [6.45, 7) is 3.80. The molecule has 0 unspecified atom stereocenters. The fraction of sp³-hybridized carbons (Fsp3) is 0.250. The Labute approximate surface area is 114 Å². The lowest BCUT2D eigenvalue weighted by Gasteiger charge is -2.13. The monoisotopic (exact) mass is 280 g/mol. The molecule has 0 fully saturated rings. The number of aromatic amines is 1. The summed E-state index contributed by atoms with van der Waals surface area (Å²) >= 11 is 5.97. The van der Waals surface area contributed by atoms with Crippen LogP contribution in [0.2, 0.25) is 5.02 Å². The van der Waals surface area contributed by atoms with E-state index < -0.39 is 5.91 Å². The quantitative estimate of drug-likeness (QED) is 0.896. The number of nitrogens with zero attached hydrogens (tertiary/aromatic N) is 2. The van der Waals surface area contributed by atoms with E-state index in [4.69, 9.17) is 22.1 Å². The number of halogens is 1. The molecule has 1 amide bonds. The van der Waals surface area contributed by atoms with E-state index in [1.165, 1.54) is 0 Å². The number of aromatic nitrogens is 3. The van der Waals surface area contributed by atoms with Crippen molar-refractivity contribution in [3.05, 3.63) is 28.9 Å². The number of amides is 1. The number of H-pyrrole nitrogens is 1. The van der Waals surface area contributed by atoms with Crippen molar-refractivity contribution >= 4 is 17.5 Å². The largest absolute Gasteiger partial charge is 0.490 e. The molecular formula is C12H13ClN4O2. The molecule has 0 spiro atoms. The Morgan fingerprint density at radius 3 is 2.79 bits per heavy atom. The van der Waals surface area contributed by atoms with E-state index >= 15 is 0 Å². The molecule has 1 aromatic carbocycles. The van der Waals surface area contributed by atoms with E-state index in [9.17, 15) is 4.79 Å². The fourth-order valence-corrected chi connectivity index (χ4v) is 1.81. The van der Waals surface area contributed by atoms with Crippen molar-refractivity contribution in [2.24, 2.45) is 5.73 Å². The number of carbonyl (C=O) groups excluding carboxylic acids is 1. The van der Waals surface area contributed by atoms with Gasteiger partial charge < -0.3 is 10.5 Å². The van der Waals surface area contributed by atoms with E-state index in [1.807, 2.05) is 13.8 Å². The zero-order chi connectivity index (χ0) is 14.0. The van der Waals surface area contributed by atoms with Gasteiger partial charge in [0.25, 0.3) is 5.91 Å². The van der Waals surface area contributed by atoms with Crippen LogP contribution < -0.4 is 10.5 Å². The second kappa shape index (κ2) is 5.27. The van der Waals surface area contributed by atoms with E-state index in [-0.39, 0.29) is 11.8 Å². The van der Waals surface area contributed by atoms with E-state index in [0.29, 0.717) is 22.0 Å². The lowest BCUT2D eigenvalue weighted by atomic mass is 10.1. The third kappa shape index (κ3) is 2.85. The molecule has 0 radical (unpaired) electrons. The van der Waals surface area contributed by atoms with Crippen molar-refractivity contribution < 1.29 is 9.53 Å². The molecule has 0 atom stereocenters. The highest BCUT2D eigenvalue weighted by molar-refractivity contribution is 6.31. The minimum atomic E-state index is -0.667. The summed E-state index contributed by atoms with van der Waals surface area (Å²) in [6.07, 6.45) is -0.0242. The van der Waals surface area contributed by atoms with Crippen LogP contribution in [0.25, 0.3) is 11.3 Å². The van der Waals surface area contributed by atoms with Crippen molar-refractivity contribution in [2.75, 3.05) is 0 Å². The van der Waals surface area contributed by atoms with Gasteiger partial charge in [-0.3, -0.25) is 4.79 Å². The number of nitrogens with two attached hydrogens (primary N) is 1. The van der Waals surface area contributed by atoms with Gasteiger partial charge in [-0.15, -0.1) is 0 Å². The molecule has 1 heterocycles. The Balaban J connectivity index is 2.56. The molecule has 0 aliphatic carbocycles. The summed E-state index contributed by atoms with van der Waals surface area (Å²) in [5, 5.41) is 10.6. The van der Waals surface area contributed by atoms with Crippen LogP contribution in [-0.4, -0.2) is 27.4 Å². The van der Waals surface area contributed by atoms with Crippen molar-refractivity contribution in [2.45, 2.75) is 20.0 Å². The molecule has 2 aromatic rings. The third-order valence-corrected chi connectivity index (χ3v) is 2.58. The first-order chi connectivity index (χ1) is 8.99. The number of nitrogens with one attached hydrogen (secondary N) is 1. The molecule has 6 nitrogen and oxygen atoms in total. The molecular weight excluding hydrogens is 268 g/mol. The molecule has 19 heavy (non-hydrogen) atoms. The van der Waals surface area contributed by atoms with Crippen LogP contribution in [0.1, 0.15) is 24.3 Å². The minimum absolute atomic E-state index is 0.0242. The number of benzene rings is 1. The van der Waals surface area contributed by atoms with E-state index in [1.54, 1.807) is 18.2 Å². The van der Waals surface area contributed by atoms with Crippen LogP contribution in [0.5, 0.6) is 5.75 Å². The van der Waals surface area contributed by atoms with Gasteiger partial charge in [0.2, 0.25) is 0 Å². The summed E-state index contributed by atoms with van der Waals surface area (Å²) in [7, 11) is 0. The van der Waals surface area contributed by atoms with Crippen LogP contribution in [-0.2, 0) is 0 Å². The Morgan fingerprint density at radius 1 is 1.42 bits per heavy atom. The van der Waals surface area contributed by atoms with Crippen LogP contribution in [0.3, 0.4) is 0 Å². The second-order valence-corrected chi connectivity index (χ2v) is 4.63. The van der Waals surface area contributed by atoms with Gasteiger partial charge in [-0.2, -0.15) is 15.4 Å². The number of hydrogen-bond acceptors (Lipinski definition) is 4. The Kier molecular flexibility index (Phi) is 3.71. The van der Waals surface area contributed by atoms with Crippen LogP contribution in [0.15, 0.2) is 18.2 Å². The molecule has 2 rings (SSSR count). The lowest BCUT2D eigenvalue weighted by Crippen LogP contribution is -2.13. The van der Waals surface area contributed by atoms with Crippen molar-refractivity contribution in [3.8, 4) is 17.0 Å². The average Bonchev–Trinajstić information content (AvgIpc) is 2.79. The highest BCUT2D eigenvalue weighted by Gasteiger charge is 2.19. The van der Waals surface area contributed by atoms with Gasteiger partial charge >= 0.3 is 0 Å². The first-order valence-corrected chi connectivity index (χ1v) is 6.04. The van der Waals surface area contributed by atoms with Crippen molar-refractivity contribution in [1.82, 2.24) is 15.4 Å². The van der Waals surface area contributed by atoms with Gasteiger partial charge in [-0.25, -0.2) is 0 Å². The summed E-state index contributed by atoms with van der Waals surface area (Å²) < 4.78 is 5.67. The van der Waals surface area contributed by atoms with Crippen molar-refractivity contribution in [1.29, 1.82) is 0 Å². The second-order valence-electron chi connectivity index (χ2n) is 4.19. The maximum Gasteiger partial charge on any atom is 0.271 e. The summed E-state index contributed by atoms with van der Waals surface area (Å²) in [5.41, 5.74) is 6.20. The van der Waals surface area contributed by atoms with Crippen LogP contribution in [0, 0.1) is 0 Å². The summed E-state index contributed by atoms with van der Waals surface area (Å²) in [6, 6.07) is 5.08. The molecule has 0 saturated heterocycles. The Morgan fingerprint density at radius 2 is 2.16 bits per heavy atom. The maximum atomic E-state index is 11.3. The average molecular weight is 281 g/mol. The van der Waals surface area contributed by atoms with Gasteiger partial charge in [0.1, 0.15) is 11.4 Å². The SMILES string of the molecule is CC(C)Oc1ccc(Cl)cc1-c1n[nH]nc1C(N)=O. The molecule has 100 valence electrons. The number of carbonyl (C=O) groups is 1. The predicted octanol–water partition coefficient (Wildman–Crippen LogP) is 2.01. The van der Waals surface area contributed by atoms with Crippen molar-refractivity contribution in [3.63, 3.8) is 0 Å². The standard InChI is InChI=1S/C12H13ClN4O2/c1-6(2)19-9-4-3-7(13)5-8(9)10-11(12(14)18)16-17-15-10/h3-6H,1-2H3,(H2,14,18)(H,15,16,17). The van der Waals surface area contributed by atoms with Gasteiger partial charge in [0, 0.05) is 10.6 Å². The van der Waals surface area contributed by atoms with Gasteiger partial charge in [-0.1, -0.05) is 11.6 Å². The first-order valence-electron chi connectivity index (χ1n) is 5.66. The highest BCUT2D eigenvalue weighted by Crippen LogP contribution is 2.33. The smallest absolute Gasteiger partial charge is 0.271 e. The third-order valence-electron chi connectivity index (χ3n) is 2.34. The Hall–Kier alpha value is -2.08. The molecule has 0 aliphatic rings. The van der Waals surface area contributed by atoms with Gasteiger partial charge in [-0.05, 0) is 32.0 Å². The molecule has 0 saturated carbocycles. The number of hydrogen-bond donors (Lipinski definition) is 2. The van der Waals surface area contributed by atoms with Crippen LogP contribution in [0.4, 0.5) is 0 Å². The topological polar surface area (TPSA) is 93.9 Å². The molecule has 7 heteroatoms. The number of ether oxygens (including phenoxy) is 1. The zero-order valence-corrected chi connectivity index (χ0v) is 11.2. The number of primary amides is 1. The molecule has 0 bridgehead atoms. The van der Waals surface area contributed by atoms with E-state index in [0.717, 1.165) is 0 Å². The van der Waals surface area contributed by atoms with Gasteiger partial charge in [0.15, 0.2) is 5.69 Å².